The third-order valence-electron chi connectivity index (χ3n) is 3.11. The highest BCUT2D eigenvalue weighted by molar-refractivity contribution is 7.86. The van der Waals surface area contributed by atoms with Crippen molar-refractivity contribution in [2.75, 3.05) is 6.26 Å². The quantitative estimate of drug-likeness (QED) is 0.775. The first kappa shape index (κ1) is 12.5. The fraction of sp³-hybridized carbons (Fsp3) is 0.583. The summed E-state index contributed by atoms with van der Waals surface area (Å²) in [4.78, 5) is 4.25. The number of pyridine rings is 1. The molecule has 0 aromatic carbocycles. The maximum Gasteiger partial charge on any atom is 0.264 e. The monoisotopic (exact) mass is 255 g/mol. The Morgan fingerprint density at radius 2 is 2.12 bits per heavy atom. The molecule has 1 unspecified atom stereocenters. The first-order valence-electron chi connectivity index (χ1n) is 5.76. The van der Waals surface area contributed by atoms with Crippen molar-refractivity contribution in [3.05, 3.63) is 29.6 Å². The molecule has 1 heterocycles. The van der Waals surface area contributed by atoms with E-state index in [1.807, 2.05) is 25.3 Å². The molecule has 2 atom stereocenters. The molecule has 5 heteroatoms. The van der Waals surface area contributed by atoms with Crippen LogP contribution >= 0.6 is 0 Å². The van der Waals surface area contributed by atoms with Crippen molar-refractivity contribution in [3.63, 3.8) is 0 Å². The molecule has 1 aromatic rings. The molecule has 1 aliphatic carbocycles. The van der Waals surface area contributed by atoms with E-state index in [0.29, 0.717) is 0 Å². The van der Waals surface area contributed by atoms with Crippen LogP contribution in [0.15, 0.2) is 18.3 Å². The molecule has 0 radical (unpaired) electrons. The van der Waals surface area contributed by atoms with Crippen LogP contribution in [0.25, 0.3) is 0 Å². The molecule has 0 aliphatic heterocycles. The minimum Gasteiger partial charge on any atom is -0.266 e. The third kappa shape index (κ3) is 3.26. The van der Waals surface area contributed by atoms with Gasteiger partial charge in [0.25, 0.3) is 10.1 Å². The molecule has 0 spiro atoms. The Morgan fingerprint density at radius 1 is 1.35 bits per heavy atom. The summed E-state index contributed by atoms with van der Waals surface area (Å²) < 4.78 is 27.5. The van der Waals surface area contributed by atoms with Gasteiger partial charge in [-0.25, -0.2) is 0 Å². The summed E-state index contributed by atoms with van der Waals surface area (Å²) in [5.41, 5.74) is 2.04. The van der Waals surface area contributed by atoms with E-state index in [-0.39, 0.29) is 12.0 Å². The molecule has 1 aliphatic rings. The number of hydrogen-bond acceptors (Lipinski definition) is 4. The predicted molar refractivity (Wildman–Crippen MR) is 65.3 cm³/mol. The average Bonchev–Trinajstić information content (AvgIpc) is 2.64. The zero-order chi connectivity index (χ0) is 12.5. The zero-order valence-electron chi connectivity index (χ0n) is 10.1. The molecular weight excluding hydrogens is 238 g/mol. The lowest BCUT2D eigenvalue weighted by atomic mass is 9.97. The van der Waals surface area contributed by atoms with Crippen molar-refractivity contribution in [2.24, 2.45) is 0 Å². The third-order valence-corrected chi connectivity index (χ3v) is 3.71. The van der Waals surface area contributed by atoms with Crippen molar-refractivity contribution >= 4 is 10.1 Å². The molecule has 1 saturated carbocycles. The minimum atomic E-state index is -3.38. The van der Waals surface area contributed by atoms with E-state index in [9.17, 15) is 8.42 Å². The van der Waals surface area contributed by atoms with Crippen molar-refractivity contribution in [1.82, 2.24) is 4.98 Å². The van der Waals surface area contributed by atoms with Crippen LogP contribution in [0.1, 0.15) is 36.4 Å². The van der Waals surface area contributed by atoms with Gasteiger partial charge in [0.05, 0.1) is 12.4 Å². The Bertz CT molecular complexity index is 481. The van der Waals surface area contributed by atoms with Gasteiger partial charge in [-0.15, -0.1) is 0 Å². The number of rotatable bonds is 3. The lowest BCUT2D eigenvalue weighted by Crippen LogP contribution is -2.20. The van der Waals surface area contributed by atoms with Crippen LogP contribution < -0.4 is 0 Å². The Labute approximate surface area is 102 Å². The maximum atomic E-state index is 11.2. The van der Waals surface area contributed by atoms with E-state index in [0.717, 1.165) is 36.8 Å². The van der Waals surface area contributed by atoms with E-state index in [1.54, 1.807) is 0 Å². The highest BCUT2D eigenvalue weighted by Crippen LogP contribution is 2.36. The fourth-order valence-electron chi connectivity index (χ4n) is 2.35. The summed E-state index contributed by atoms with van der Waals surface area (Å²) in [7, 11) is -3.38. The summed E-state index contributed by atoms with van der Waals surface area (Å²) in [5, 5.41) is 0. The molecule has 0 saturated heterocycles. The zero-order valence-corrected chi connectivity index (χ0v) is 10.9. The van der Waals surface area contributed by atoms with Crippen LogP contribution in [0.4, 0.5) is 0 Å². The van der Waals surface area contributed by atoms with E-state index in [1.165, 1.54) is 0 Å². The first-order chi connectivity index (χ1) is 7.96. The van der Waals surface area contributed by atoms with Gasteiger partial charge in [-0.1, -0.05) is 12.5 Å². The van der Waals surface area contributed by atoms with Gasteiger partial charge < -0.3 is 0 Å². The van der Waals surface area contributed by atoms with Crippen molar-refractivity contribution in [1.29, 1.82) is 0 Å². The average molecular weight is 255 g/mol. The van der Waals surface area contributed by atoms with Crippen molar-refractivity contribution in [3.8, 4) is 0 Å². The molecule has 0 amide bonds. The minimum absolute atomic E-state index is 0.151. The van der Waals surface area contributed by atoms with Crippen molar-refractivity contribution in [2.45, 2.75) is 38.2 Å². The summed E-state index contributed by atoms with van der Waals surface area (Å²) in [6.07, 6.45) is 5.46. The van der Waals surface area contributed by atoms with E-state index >= 15 is 0 Å². The molecule has 94 valence electrons. The van der Waals surface area contributed by atoms with Gasteiger partial charge in [-0.2, -0.15) is 8.42 Å². The summed E-state index contributed by atoms with van der Waals surface area (Å²) in [6, 6.07) is 3.96. The van der Waals surface area contributed by atoms with Gasteiger partial charge in [0.1, 0.15) is 0 Å². The largest absolute Gasteiger partial charge is 0.266 e. The number of hydrogen-bond donors (Lipinski definition) is 0. The molecular formula is C12H17NO3S. The molecule has 1 fully saturated rings. The van der Waals surface area contributed by atoms with Gasteiger partial charge in [0.2, 0.25) is 0 Å². The van der Waals surface area contributed by atoms with Crippen LogP contribution in [0.2, 0.25) is 0 Å². The van der Waals surface area contributed by atoms with Crippen LogP contribution in [0, 0.1) is 6.92 Å². The Balaban J connectivity index is 2.17. The molecule has 2 rings (SSSR count). The van der Waals surface area contributed by atoms with Gasteiger partial charge >= 0.3 is 0 Å². The molecule has 4 nitrogen and oxygen atoms in total. The van der Waals surface area contributed by atoms with Crippen LogP contribution in [-0.2, 0) is 14.3 Å². The van der Waals surface area contributed by atoms with Crippen molar-refractivity contribution < 1.29 is 12.6 Å². The first-order valence-corrected chi connectivity index (χ1v) is 7.58. The normalized spacial score (nSPS) is 25.1. The highest BCUT2D eigenvalue weighted by Gasteiger charge is 2.32. The van der Waals surface area contributed by atoms with Crippen LogP contribution in [0.3, 0.4) is 0 Å². The highest BCUT2D eigenvalue weighted by atomic mass is 32.2. The van der Waals surface area contributed by atoms with E-state index in [4.69, 9.17) is 4.18 Å². The summed E-state index contributed by atoms with van der Waals surface area (Å²) >= 11 is 0. The Morgan fingerprint density at radius 3 is 2.71 bits per heavy atom. The lowest BCUT2D eigenvalue weighted by Gasteiger charge is -2.18. The second-order valence-electron chi connectivity index (χ2n) is 4.61. The molecule has 1 aromatic heterocycles. The summed E-state index contributed by atoms with van der Waals surface area (Å²) in [6.45, 7) is 1.93. The SMILES string of the molecule is Cc1ccc(C2CCC[C@@H]2OS(C)(=O)=O)cn1. The molecule has 17 heavy (non-hydrogen) atoms. The molecule has 0 bridgehead atoms. The second kappa shape index (κ2) is 4.74. The van der Waals surface area contributed by atoms with Gasteiger partial charge in [-0.3, -0.25) is 9.17 Å². The summed E-state index contributed by atoms with van der Waals surface area (Å²) in [5.74, 6) is 0.151. The maximum absolute atomic E-state index is 11.2. The topological polar surface area (TPSA) is 56.3 Å². The standard InChI is InChI=1S/C12H17NO3S/c1-9-6-7-10(8-13-9)11-4-3-5-12(11)16-17(2,14)15/h6-8,11-12H,3-5H2,1-2H3/t11?,12-/m0/s1. The van der Waals surface area contributed by atoms with Crippen LogP contribution in [0.5, 0.6) is 0 Å². The fourth-order valence-corrected chi connectivity index (χ4v) is 3.02. The lowest BCUT2D eigenvalue weighted by molar-refractivity contribution is 0.200. The van der Waals surface area contributed by atoms with E-state index < -0.39 is 10.1 Å². The predicted octanol–water partition coefficient (Wildman–Crippen LogP) is 2.00. The Kier molecular flexibility index (Phi) is 3.49. The van der Waals surface area contributed by atoms with Gasteiger partial charge in [-0.05, 0) is 31.4 Å². The van der Waals surface area contributed by atoms with Crippen LogP contribution in [-0.4, -0.2) is 25.8 Å². The van der Waals surface area contributed by atoms with E-state index in [2.05, 4.69) is 4.98 Å². The number of aromatic nitrogens is 1. The van der Waals surface area contributed by atoms with Gasteiger partial charge in [0, 0.05) is 17.8 Å². The number of nitrogens with zero attached hydrogens (tertiary/aromatic N) is 1. The smallest absolute Gasteiger partial charge is 0.264 e. The van der Waals surface area contributed by atoms with Gasteiger partial charge in [0.15, 0.2) is 0 Å². The Hall–Kier alpha value is -0.940. The second-order valence-corrected chi connectivity index (χ2v) is 6.21. The number of aryl methyl sites for hydroxylation is 1. The molecule has 0 N–H and O–H groups in total.